The molecule has 3 rings (SSSR count). The first-order chi connectivity index (χ1) is 19.3. The smallest absolute Gasteiger partial charge is 0.368 e. The van der Waals surface area contributed by atoms with E-state index in [4.69, 9.17) is 27.6 Å². The molecule has 0 radical (unpaired) electrons. The first-order valence-corrected chi connectivity index (χ1v) is 17.9. The van der Waals surface area contributed by atoms with E-state index in [0.717, 1.165) is 0 Å². The van der Waals surface area contributed by atoms with Gasteiger partial charge in [-0.25, -0.2) is 0 Å². The first-order valence-electron chi connectivity index (χ1n) is 11.7. The fourth-order valence-corrected chi connectivity index (χ4v) is 6.43. The van der Waals surface area contributed by atoms with Crippen LogP contribution in [0.15, 0.2) is 60.7 Å². The molecule has 42 heavy (non-hydrogen) atoms. The maximum absolute atomic E-state index is 9.80. The molecular formula is C20H32O18P4+4. The van der Waals surface area contributed by atoms with Crippen molar-refractivity contribution in [2.24, 2.45) is 0 Å². The predicted octanol–water partition coefficient (Wildman–Crippen LogP) is -0.670. The molecule has 1 saturated carbocycles. The molecule has 1 fully saturated rings. The van der Waals surface area contributed by atoms with Gasteiger partial charge in [-0.15, -0.1) is 18.1 Å². The Hall–Kier alpha value is -0.560. The van der Waals surface area contributed by atoms with Crippen molar-refractivity contribution in [2.45, 2.75) is 49.8 Å². The van der Waals surface area contributed by atoms with Gasteiger partial charge in [-0.2, -0.15) is 58.7 Å². The average molecular weight is 684 g/mol. The van der Waals surface area contributed by atoms with Gasteiger partial charge in [0.1, 0.15) is 12.2 Å². The standard InChI is InChI=1S/C20H32O18P4/c21-39(22,23)35-17-15(33-11-13-7-3-1-4-8-13)18(36-40(24,25)26)20(38-42(30,31)32)16(19(17)37-41(27,28)29)34-12-14-9-5-2-6-10-14/h1-10,15-32H,11-12H2/q+4/t15?,16?,17-,18+,19-,20+. The highest BCUT2D eigenvalue weighted by Crippen LogP contribution is 2.59. The number of hydrogen-bond acceptors (Lipinski definition) is 18. The molecule has 18 nitrogen and oxygen atoms in total. The highest BCUT2D eigenvalue weighted by molar-refractivity contribution is 7.54. The van der Waals surface area contributed by atoms with Gasteiger partial charge in [0.15, 0.2) is 24.4 Å². The minimum atomic E-state index is -5.33. The molecule has 0 aliphatic heterocycles. The van der Waals surface area contributed by atoms with E-state index >= 15 is 0 Å². The summed E-state index contributed by atoms with van der Waals surface area (Å²) in [7, 11) is -21.3. The Morgan fingerprint density at radius 3 is 0.833 bits per heavy atom. The number of hydrogen-bond donors (Lipinski definition) is 12. The summed E-state index contributed by atoms with van der Waals surface area (Å²) in [6, 6.07) is 16.0. The lowest BCUT2D eigenvalue weighted by Gasteiger charge is -2.44. The Labute approximate surface area is 240 Å². The van der Waals surface area contributed by atoms with Crippen molar-refractivity contribution in [1.29, 1.82) is 0 Å². The lowest BCUT2D eigenvalue weighted by molar-refractivity contribution is -0.241. The van der Waals surface area contributed by atoms with Crippen LogP contribution in [0.1, 0.15) is 11.1 Å². The quantitative estimate of drug-likeness (QED) is 0.110. The van der Waals surface area contributed by atoms with Crippen LogP contribution in [0.3, 0.4) is 0 Å². The summed E-state index contributed by atoms with van der Waals surface area (Å²) in [6.45, 7) is -0.839. The topological polar surface area (TPSA) is 298 Å². The van der Waals surface area contributed by atoms with Crippen LogP contribution in [0.4, 0.5) is 0 Å². The molecule has 0 heterocycles. The van der Waals surface area contributed by atoms with E-state index in [0.29, 0.717) is 11.1 Å². The Morgan fingerprint density at radius 1 is 0.381 bits per heavy atom. The lowest BCUT2D eigenvalue weighted by Crippen LogP contribution is -2.67. The third-order valence-electron chi connectivity index (χ3n) is 5.57. The minimum Gasteiger partial charge on any atom is -0.368 e. The second kappa shape index (κ2) is 14.7. The lowest BCUT2D eigenvalue weighted by atomic mass is 9.84. The SMILES string of the molecule is O[P+](O)(O)O[C@@H]1C(OCc2ccccc2)[C@H](O[P+](O)(O)O)[C@@H](O[P+](O)(O)O)C(OCc2ccccc2)[C@H]1O[P+](O)(O)O. The average Bonchev–Trinajstić information content (AvgIpc) is 2.84. The molecule has 0 spiro atoms. The van der Waals surface area contributed by atoms with Crippen molar-refractivity contribution >= 4 is 32.7 Å². The molecular weight excluding hydrogens is 652 g/mol. The van der Waals surface area contributed by atoms with Crippen molar-refractivity contribution in [3.05, 3.63) is 71.8 Å². The van der Waals surface area contributed by atoms with Crippen LogP contribution in [-0.2, 0) is 40.8 Å². The third-order valence-corrected chi connectivity index (χ3v) is 7.67. The van der Waals surface area contributed by atoms with Crippen LogP contribution >= 0.6 is 32.7 Å². The Morgan fingerprint density at radius 2 is 0.619 bits per heavy atom. The summed E-state index contributed by atoms with van der Waals surface area (Å²) >= 11 is 0. The predicted molar refractivity (Wildman–Crippen MR) is 144 cm³/mol. The highest BCUT2D eigenvalue weighted by Gasteiger charge is 2.67. The third kappa shape index (κ3) is 12.1. The first kappa shape index (κ1) is 35.9. The van der Waals surface area contributed by atoms with Crippen molar-refractivity contribution < 1.29 is 86.3 Å². The molecule has 6 atom stereocenters. The summed E-state index contributed by atoms with van der Waals surface area (Å²) in [5, 5.41) is 0. The summed E-state index contributed by atoms with van der Waals surface area (Å²) in [5.74, 6) is 0. The molecule has 1 aliphatic carbocycles. The summed E-state index contributed by atoms with van der Waals surface area (Å²) in [5.41, 5.74) is 0.871. The van der Waals surface area contributed by atoms with Gasteiger partial charge >= 0.3 is 32.7 Å². The zero-order valence-electron chi connectivity index (χ0n) is 21.3. The van der Waals surface area contributed by atoms with Gasteiger partial charge in [0, 0.05) is 0 Å². The maximum Gasteiger partial charge on any atom is 0.567 e. The Kier molecular flexibility index (Phi) is 12.6. The second-order valence-electron chi connectivity index (χ2n) is 8.86. The molecule has 2 aromatic carbocycles. The second-order valence-corrected chi connectivity index (χ2v) is 13.8. The van der Waals surface area contributed by atoms with Gasteiger partial charge in [-0.05, 0) is 11.1 Å². The van der Waals surface area contributed by atoms with E-state index in [1.54, 1.807) is 60.7 Å². The van der Waals surface area contributed by atoms with E-state index in [9.17, 15) is 58.7 Å². The molecule has 12 N–H and O–H groups in total. The zero-order valence-corrected chi connectivity index (χ0v) is 24.8. The van der Waals surface area contributed by atoms with Gasteiger partial charge < -0.3 is 9.47 Å². The van der Waals surface area contributed by atoms with Gasteiger partial charge in [-0.1, -0.05) is 60.7 Å². The van der Waals surface area contributed by atoms with E-state index in [2.05, 4.69) is 0 Å². The van der Waals surface area contributed by atoms with Crippen LogP contribution in [-0.4, -0.2) is 95.3 Å². The molecule has 2 unspecified atom stereocenters. The monoisotopic (exact) mass is 684 g/mol. The molecule has 22 heteroatoms. The van der Waals surface area contributed by atoms with Gasteiger partial charge in [0.2, 0.25) is 0 Å². The molecule has 236 valence electrons. The number of ether oxygens (including phenoxy) is 2. The van der Waals surface area contributed by atoms with Gasteiger partial charge in [0.25, 0.3) is 0 Å². The number of rotatable bonds is 14. The van der Waals surface area contributed by atoms with Crippen LogP contribution < -0.4 is 0 Å². The van der Waals surface area contributed by atoms with Crippen LogP contribution in [0.25, 0.3) is 0 Å². The van der Waals surface area contributed by atoms with Crippen LogP contribution in [0.5, 0.6) is 0 Å². The van der Waals surface area contributed by atoms with Crippen molar-refractivity contribution in [3.8, 4) is 0 Å². The van der Waals surface area contributed by atoms with Crippen molar-refractivity contribution in [1.82, 2.24) is 0 Å². The van der Waals surface area contributed by atoms with Crippen molar-refractivity contribution in [2.75, 3.05) is 0 Å². The molecule has 0 bridgehead atoms. The summed E-state index contributed by atoms with van der Waals surface area (Å²) in [6.07, 6.45) is -12.9. The number of benzene rings is 2. The Bertz CT molecular complexity index is 959. The summed E-state index contributed by atoms with van der Waals surface area (Å²) in [4.78, 5) is 118. The maximum atomic E-state index is 9.80. The van der Waals surface area contributed by atoms with E-state index < -0.39 is 82.5 Å². The van der Waals surface area contributed by atoms with E-state index in [1.807, 2.05) is 0 Å². The molecule has 0 amide bonds. The molecule has 1 aliphatic rings. The minimum absolute atomic E-state index is 0.420. The largest absolute Gasteiger partial charge is 0.567 e. The molecule has 0 saturated heterocycles. The molecule has 2 aromatic rings. The highest BCUT2D eigenvalue weighted by atomic mass is 31.2. The fraction of sp³-hybridized carbons (Fsp3) is 0.400. The van der Waals surface area contributed by atoms with Gasteiger partial charge in [-0.3, -0.25) is 0 Å². The molecule has 0 aromatic heterocycles. The van der Waals surface area contributed by atoms with E-state index in [1.165, 1.54) is 0 Å². The van der Waals surface area contributed by atoms with Crippen LogP contribution in [0, 0.1) is 0 Å². The Balaban J connectivity index is 2.17. The normalized spacial score (nSPS) is 25.9. The van der Waals surface area contributed by atoms with Gasteiger partial charge in [0.05, 0.1) is 13.2 Å². The zero-order chi connectivity index (χ0) is 31.3. The van der Waals surface area contributed by atoms with Crippen LogP contribution in [0.2, 0.25) is 0 Å². The van der Waals surface area contributed by atoms with Crippen molar-refractivity contribution in [3.63, 3.8) is 0 Å². The fourth-order valence-electron chi connectivity index (χ4n) is 4.17. The van der Waals surface area contributed by atoms with E-state index in [-0.39, 0.29) is 0 Å². The summed E-state index contributed by atoms with van der Waals surface area (Å²) < 4.78 is 31.2.